The number of aromatic nitrogens is 1. The van der Waals surface area contributed by atoms with Crippen LogP contribution in [-0.2, 0) is 26.3 Å². The Kier molecular flexibility index (Phi) is 8.35. The van der Waals surface area contributed by atoms with Crippen LogP contribution in [0.3, 0.4) is 0 Å². The molecule has 3 rings (SSSR count). The average Bonchev–Trinajstić information content (AvgIpc) is 2.79. The third-order valence-electron chi connectivity index (χ3n) is 5.89. The molecule has 202 valence electrons. The van der Waals surface area contributed by atoms with Crippen LogP contribution < -0.4 is 5.32 Å². The van der Waals surface area contributed by atoms with E-state index in [1.54, 1.807) is 24.3 Å². The lowest BCUT2D eigenvalue weighted by Gasteiger charge is -2.32. The maximum atomic E-state index is 13.9. The minimum Gasteiger partial charge on any atom is -0.322 e. The summed E-state index contributed by atoms with van der Waals surface area (Å²) in [7, 11) is -4.45. The zero-order valence-corrected chi connectivity index (χ0v) is 22.4. The first-order chi connectivity index (χ1) is 17.5. The van der Waals surface area contributed by atoms with Crippen LogP contribution in [0.4, 0.5) is 18.9 Å². The van der Waals surface area contributed by atoms with Gasteiger partial charge in [-0.3, -0.25) is 9.59 Å². The first kappa shape index (κ1) is 29.3. The van der Waals surface area contributed by atoms with Crippen molar-refractivity contribution in [3.8, 4) is 0 Å². The number of amides is 1. The second-order valence-corrected chi connectivity index (χ2v) is 10.8. The molecule has 0 aliphatic rings. The van der Waals surface area contributed by atoms with Crippen molar-refractivity contribution in [2.24, 2.45) is 0 Å². The number of rotatable bonds is 8. The van der Waals surface area contributed by atoms with Crippen molar-refractivity contribution in [1.29, 1.82) is 0 Å². The van der Waals surface area contributed by atoms with E-state index in [0.717, 1.165) is 0 Å². The molecule has 1 unspecified atom stereocenters. The lowest BCUT2D eigenvalue weighted by molar-refractivity contribution is -0.246. The summed E-state index contributed by atoms with van der Waals surface area (Å²) in [5.41, 5.74) is -1.55. The molecule has 1 aromatic heterocycles. The van der Waals surface area contributed by atoms with Crippen molar-refractivity contribution in [1.82, 2.24) is 4.98 Å². The second-order valence-electron chi connectivity index (χ2n) is 8.88. The molecule has 0 radical (unpaired) electrons. The van der Waals surface area contributed by atoms with Gasteiger partial charge in [-0.1, -0.05) is 35.9 Å². The van der Waals surface area contributed by atoms with Gasteiger partial charge in [0.05, 0.1) is 11.8 Å². The number of ketones is 1. The summed E-state index contributed by atoms with van der Waals surface area (Å²) in [5, 5.41) is 2.68. The number of aryl methyl sites for hydroxylation is 2. The Labute approximate surface area is 223 Å². The van der Waals surface area contributed by atoms with E-state index in [-0.39, 0.29) is 28.5 Å². The van der Waals surface area contributed by atoms with Crippen molar-refractivity contribution < 1.29 is 35.4 Å². The number of anilines is 1. The summed E-state index contributed by atoms with van der Waals surface area (Å²) in [6.45, 7) is 3.71. The van der Waals surface area contributed by atoms with Crippen LogP contribution in [-0.4, -0.2) is 37.5 Å². The molecule has 0 aliphatic carbocycles. The first-order valence-corrected chi connectivity index (χ1v) is 13.3. The molecule has 7 nitrogen and oxygen atoms in total. The Morgan fingerprint density at radius 2 is 1.68 bits per heavy atom. The van der Waals surface area contributed by atoms with Crippen LogP contribution >= 0.6 is 11.6 Å². The van der Waals surface area contributed by atoms with Gasteiger partial charge in [0.15, 0.2) is 5.78 Å². The number of Topliss-reactive ketones (excluding diaryl/α,β-unsaturated/α-hetero) is 1. The van der Waals surface area contributed by atoms with Gasteiger partial charge in [-0.05, 0) is 67.3 Å². The lowest BCUT2D eigenvalue weighted by Crippen LogP contribution is -2.43. The van der Waals surface area contributed by atoms with Crippen LogP contribution in [0.5, 0.6) is 0 Å². The molecule has 0 saturated carbocycles. The number of pyridine rings is 1. The Morgan fingerprint density at radius 3 is 2.24 bits per heavy atom. The van der Waals surface area contributed by atoms with E-state index in [4.69, 9.17) is 11.6 Å². The van der Waals surface area contributed by atoms with E-state index in [0.29, 0.717) is 35.6 Å². The number of alkyl halides is 3. The maximum absolute atomic E-state index is 13.9. The lowest BCUT2D eigenvalue weighted by atomic mass is 9.87. The Hall–Kier alpha value is -3.28. The SMILES string of the molecule is Cc1cc(C(C)(OS(C)(=O)=O)C(F)(F)F)cc(C)c1CC(=O)c1cccc(NC(=O)c2cccnc2Cl)c1. The summed E-state index contributed by atoms with van der Waals surface area (Å²) in [4.78, 5) is 29.5. The molecule has 0 bridgehead atoms. The Balaban J connectivity index is 1.87. The standard InChI is InChI=1S/C26H24ClF3N2O5S/c1-15-11-18(25(3,26(28,29)30)37-38(4,35)36)12-16(2)21(15)14-22(33)17-7-5-8-19(13-17)32-24(34)20-9-6-10-31-23(20)27/h5-13H,14H2,1-4H3,(H,32,34). The molecule has 0 aliphatic heterocycles. The largest absolute Gasteiger partial charge is 0.422 e. The van der Waals surface area contributed by atoms with Gasteiger partial charge in [0, 0.05) is 23.9 Å². The van der Waals surface area contributed by atoms with Crippen LogP contribution in [0, 0.1) is 13.8 Å². The van der Waals surface area contributed by atoms with Gasteiger partial charge in [0.25, 0.3) is 16.0 Å². The van der Waals surface area contributed by atoms with Crippen molar-refractivity contribution in [2.75, 3.05) is 11.6 Å². The van der Waals surface area contributed by atoms with Crippen LogP contribution in [0.25, 0.3) is 0 Å². The first-order valence-electron chi connectivity index (χ1n) is 11.1. The zero-order valence-electron chi connectivity index (χ0n) is 20.8. The fourth-order valence-corrected chi connectivity index (χ4v) is 4.90. The Morgan fingerprint density at radius 1 is 1.05 bits per heavy atom. The van der Waals surface area contributed by atoms with Gasteiger partial charge in [-0.25, -0.2) is 9.17 Å². The fourth-order valence-electron chi connectivity index (χ4n) is 3.90. The highest BCUT2D eigenvalue weighted by atomic mass is 35.5. The predicted molar refractivity (Wildman–Crippen MR) is 137 cm³/mol. The molecule has 0 fully saturated rings. The summed E-state index contributed by atoms with van der Waals surface area (Å²) >= 11 is 5.96. The molecule has 3 aromatic rings. The van der Waals surface area contributed by atoms with Gasteiger partial charge in [-0.15, -0.1) is 0 Å². The van der Waals surface area contributed by atoms with E-state index in [9.17, 15) is 31.2 Å². The maximum Gasteiger partial charge on any atom is 0.422 e. The quantitative estimate of drug-likeness (QED) is 0.210. The number of carbonyl (C=O) groups is 2. The molecule has 0 spiro atoms. The van der Waals surface area contributed by atoms with E-state index < -0.39 is 33.4 Å². The summed E-state index contributed by atoms with van der Waals surface area (Å²) in [5.74, 6) is -0.857. The van der Waals surface area contributed by atoms with Crippen molar-refractivity contribution in [3.05, 3.63) is 93.3 Å². The number of halogens is 4. The van der Waals surface area contributed by atoms with Gasteiger partial charge in [0.2, 0.25) is 5.60 Å². The molecular formula is C26H24ClF3N2O5S. The van der Waals surface area contributed by atoms with Crippen molar-refractivity contribution >= 4 is 39.1 Å². The third kappa shape index (κ3) is 6.58. The molecule has 12 heteroatoms. The number of hydrogen-bond acceptors (Lipinski definition) is 6. The Bertz CT molecular complexity index is 1490. The summed E-state index contributed by atoms with van der Waals surface area (Å²) < 4.78 is 69.4. The molecule has 1 amide bonds. The highest BCUT2D eigenvalue weighted by Gasteiger charge is 2.56. The van der Waals surface area contributed by atoms with Crippen molar-refractivity contribution in [2.45, 2.75) is 39.0 Å². The normalized spacial score (nSPS) is 13.6. The summed E-state index contributed by atoms with van der Waals surface area (Å²) in [6.07, 6.45) is -3.18. The minimum atomic E-state index is -5.03. The average molecular weight is 569 g/mol. The van der Waals surface area contributed by atoms with E-state index in [1.807, 2.05) is 0 Å². The van der Waals surface area contributed by atoms with Crippen LogP contribution in [0.15, 0.2) is 54.7 Å². The molecule has 38 heavy (non-hydrogen) atoms. The monoisotopic (exact) mass is 568 g/mol. The van der Waals surface area contributed by atoms with Gasteiger partial charge in [0.1, 0.15) is 5.15 Å². The van der Waals surface area contributed by atoms with E-state index in [1.165, 1.54) is 44.3 Å². The zero-order chi connectivity index (χ0) is 28.5. The molecule has 2 aromatic carbocycles. The number of benzene rings is 2. The van der Waals surface area contributed by atoms with Gasteiger partial charge >= 0.3 is 6.18 Å². The number of carbonyl (C=O) groups excluding carboxylic acids is 2. The molecular weight excluding hydrogens is 545 g/mol. The molecule has 0 saturated heterocycles. The van der Waals surface area contributed by atoms with Crippen molar-refractivity contribution in [3.63, 3.8) is 0 Å². The smallest absolute Gasteiger partial charge is 0.322 e. The highest BCUT2D eigenvalue weighted by molar-refractivity contribution is 7.86. The van der Waals surface area contributed by atoms with E-state index in [2.05, 4.69) is 14.5 Å². The predicted octanol–water partition coefficient (Wildman–Crippen LogP) is 5.78. The van der Waals surface area contributed by atoms with E-state index >= 15 is 0 Å². The number of nitrogens with zero attached hydrogens (tertiary/aromatic N) is 1. The van der Waals surface area contributed by atoms with Crippen LogP contribution in [0.2, 0.25) is 5.15 Å². The minimum absolute atomic E-state index is 0.0233. The van der Waals surface area contributed by atoms with Gasteiger partial charge in [-0.2, -0.15) is 21.6 Å². The summed E-state index contributed by atoms with van der Waals surface area (Å²) in [6, 6.07) is 11.6. The van der Waals surface area contributed by atoms with Gasteiger partial charge < -0.3 is 5.32 Å². The second kappa shape index (κ2) is 10.8. The third-order valence-corrected chi connectivity index (χ3v) is 6.83. The topological polar surface area (TPSA) is 102 Å². The highest BCUT2D eigenvalue weighted by Crippen LogP contribution is 2.44. The number of hydrogen-bond donors (Lipinski definition) is 1. The van der Waals surface area contributed by atoms with Crippen LogP contribution in [0.1, 0.15) is 49.9 Å². The fraction of sp³-hybridized carbons (Fsp3) is 0.269. The molecule has 1 atom stereocenters. The molecule has 1 N–H and O–H groups in total. The number of nitrogens with one attached hydrogen (secondary N) is 1. The molecule has 1 heterocycles.